The van der Waals surface area contributed by atoms with E-state index in [9.17, 15) is 13.2 Å². The van der Waals surface area contributed by atoms with Crippen molar-refractivity contribution in [2.45, 2.75) is 4.90 Å². The maximum Gasteiger partial charge on any atom is 0.256 e. The predicted octanol–water partition coefficient (Wildman–Crippen LogP) is 5.28. The van der Waals surface area contributed by atoms with Crippen LogP contribution in [0.1, 0.15) is 15.9 Å². The average molecular weight is 626 g/mol. The molecule has 1 heterocycles. The summed E-state index contributed by atoms with van der Waals surface area (Å²) < 4.78 is 28.9. The van der Waals surface area contributed by atoms with E-state index in [1.165, 1.54) is 6.07 Å². The Morgan fingerprint density at radius 2 is 1.96 bits per heavy atom. The van der Waals surface area contributed by atoms with E-state index in [-0.39, 0.29) is 31.5 Å². The quantitative estimate of drug-likeness (QED) is 0.471. The Morgan fingerprint density at radius 1 is 1.19 bits per heavy atom. The van der Waals surface area contributed by atoms with Crippen LogP contribution in [-0.4, -0.2) is 24.6 Å². The number of rotatable bonds is 4. The van der Waals surface area contributed by atoms with Crippen LogP contribution in [0.5, 0.6) is 0 Å². The van der Waals surface area contributed by atoms with E-state index in [2.05, 4.69) is 36.0 Å². The van der Waals surface area contributed by atoms with Crippen molar-refractivity contribution in [1.29, 1.82) is 0 Å². The Kier molecular flexibility index (Phi) is 6.54. The van der Waals surface area contributed by atoms with Gasteiger partial charge in [0.15, 0.2) is 9.84 Å². The molecule has 8 heteroatoms. The topological polar surface area (TPSA) is 63.2 Å². The fourth-order valence-corrected chi connectivity index (χ4v) is 5.30. The van der Waals surface area contributed by atoms with Crippen molar-refractivity contribution < 1.29 is 13.2 Å². The van der Waals surface area contributed by atoms with Crippen LogP contribution in [0.15, 0.2) is 57.5 Å². The number of halogens is 3. The molecule has 0 aromatic heterocycles. The van der Waals surface area contributed by atoms with Gasteiger partial charge in [-0.2, -0.15) is 0 Å². The molecule has 27 heavy (non-hydrogen) atoms. The molecule has 0 radical (unpaired) electrons. The van der Waals surface area contributed by atoms with Crippen LogP contribution >= 0.6 is 54.9 Å². The number of sulfone groups is 1. The fraction of sp³-hybridized carbons (Fsp3) is 0.0526. The summed E-state index contributed by atoms with van der Waals surface area (Å²) >= 11 is 7.88. The van der Waals surface area contributed by atoms with Crippen molar-refractivity contribution in [3.63, 3.8) is 0 Å². The largest absolute Gasteiger partial charge is 0.322 e. The summed E-state index contributed by atoms with van der Waals surface area (Å²) in [7, 11) is -3.37. The van der Waals surface area contributed by atoms with Gasteiger partial charge in [-0.25, -0.2) is 8.42 Å². The van der Waals surface area contributed by atoms with Crippen LogP contribution in [0.2, 0.25) is 5.02 Å². The highest BCUT2D eigenvalue weighted by atomic mass is 127. The minimum atomic E-state index is -3.37. The van der Waals surface area contributed by atoms with Crippen LogP contribution in [0, 0.1) is 3.57 Å². The Hall–Kier alpha value is -1.04. The zero-order valence-corrected chi connectivity index (χ0v) is 19.9. The molecule has 3 rings (SSSR count). The third-order valence-electron chi connectivity index (χ3n) is 3.75. The standard InChI is InChI=1S/C19H14ClI2NO3S/c1-27(25,26)14-5-6-15(16(10-14)12-3-2-8-22-11-12)19(24)23-13-4-7-17(20)18(21)9-13/h2-11H,1H3,(H,23,24). The van der Waals surface area contributed by atoms with Gasteiger partial charge in [0, 0.05) is 21.1 Å². The third-order valence-corrected chi connectivity index (χ3v) is 8.27. The van der Waals surface area contributed by atoms with Crippen molar-refractivity contribution in [2.24, 2.45) is 0 Å². The zero-order chi connectivity index (χ0) is 19.6. The summed E-state index contributed by atoms with van der Waals surface area (Å²) in [5.41, 5.74) is 2.53. The second kappa shape index (κ2) is 8.54. The summed E-state index contributed by atoms with van der Waals surface area (Å²) in [6.45, 7) is 0. The van der Waals surface area contributed by atoms with E-state index >= 15 is 0 Å². The maximum absolute atomic E-state index is 12.9. The van der Waals surface area contributed by atoms with Gasteiger partial charge in [-0.1, -0.05) is 44.5 Å². The Bertz CT molecular complexity index is 1120. The first-order chi connectivity index (χ1) is 12.8. The Labute approximate surface area is 186 Å². The first-order valence-electron chi connectivity index (χ1n) is 7.68. The minimum absolute atomic E-state index is 0.192. The summed E-state index contributed by atoms with van der Waals surface area (Å²) in [5, 5.41) is 3.48. The molecule has 0 spiro atoms. The summed E-state index contributed by atoms with van der Waals surface area (Å²) in [6, 6.07) is 9.83. The van der Waals surface area contributed by atoms with E-state index in [4.69, 9.17) is 11.6 Å². The maximum atomic E-state index is 12.9. The van der Waals surface area contributed by atoms with Crippen molar-refractivity contribution in [3.8, 4) is 0 Å². The lowest BCUT2D eigenvalue weighted by Crippen LogP contribution is -2.15. The molecule has 1 amide bonds. The summed E-state index contributed by atoms with van der Waals surface area (Å²) in [5.74, 6) is -0.301. The average Bonchev–Trinajstić information content (AvgIpc) is 2.64. The number of carbonyl (C=O) groups is 1. The summed E-state index contributed by atoms with van der Waals surface area (Å²) in [4.78, 5) is 13.1. The molecule has 1 aliphatic rings. The number of hydrogen-bond acceptors (Lipinski definition) is 3. The Balaban J connectivity index is 2.04. The van der Waals surface area contributed by atoms with Gasteiger partial charge < -0.3 is 5.32 Å². The second-order valence-electron chi connectivity index (χ2n) is 5.74. The van der Waals surface area contributed by atoms with Crippen LogP contribution in [0.25, 0.3) is 5.57 Å². The molecule has 1 N–H and O–H groups in total. The number of nitrogens with one attached hydrogen (secondary N) is 1. The van der Waals surface area contributed by atoms with Gasteiger partial charge in [0.25, 0.3) is 5.91 Å². The van der Waals surface area contributed by atoms with Crippen LogP contribution < -0.4 is 5.32 Å². The molecular formula is C19H14ClI2NO3S. The van der Waals surface area contributed by atoms with Gasteiger partial charge in [-0.15, -0.1) is 0 Å². The number of amides is 1. The fourth-order valence-electron chi connectivity index (χ4n) is 2.43. The molecule has 0 unspecified atom stereocenters. The molecule has 0 aliphatic carbocycles. The van der Waals surface area contributed by atoms with Crippen LogP contribution in [-0.2, 0) is 9.84 Å². The first-order valence-corrected chi connectivity index (χ1v) is 13.5. The summed E-state index contributed by atoms with van der Waals surface area (Å²) in [6.07, 6.45) is 5.00. The number of hydrogen-bond donors (Lipinski definition) is 1. The lowest BCUT2D eigenvalue weighted by molar-refractivity contribution is 0.102. The van der Waals surface area contributed by atoms with Gasteiger partial charge in [0.05, 0.1) is 9.92 Å². The molecule has 2 aromatic carbocycles. The molecule has 2 aromatic rings. The van der Waals surface area contributed by atoms with Crippen molar-refractivity contribution in [3.05, 3.63) is 72.4 Å². The second-order valence-corrected chi connectivity index (χ2v) is 11.4. The molecule has 0 fully saturated rings. The highest BCUT2D eigenvalue weighted by Gasteiger charge is 2.18. The van der Waals surface area contributed by atoms with E-state index in [0.29, 0.717) is 21.8 Å². The van der Waals surface area contributed by atoms with Crippen LogP contribution in [0.4, 0.5) is 5.69 Å². The van der Waals surface area contributed by atoms with E-state index in [1.54, 1.807) is 30.3 Å². The lowest BCUT2D eigenvalue weighted by Gasteiger charge is -2.14. The molecule has 0 atom stereocenters. The first kappa shape index (κ1) is 20.7. The number of carbonyl (C=O) groups excluding carboxylic acids is 1. The van der Waals surface area contributed by atoms with Crippen molar-refractivity contribution >= 4 is 85.9 Å². The number of benzene rings is 2. The smallest absolute Gasteiger partial charge is 0.256 e. The zero-order valence-electron chi connectivity index (χ0n) is 14.0. The molecular weight excluding hydrogens is 612 g/mol. The highest BCUT2D eigenvalue weighted by molar-refractivity contribution is 14.2. The predicted molar refractivity (Wildman–Crippen MR) is 129 cm³/mol. The van der Waals surface area contributed by atoms with Gasteiger partial charge in [0.1, 0.15) is 0 Å². The molecule has 4 nitrogen and oxygen atoms in total. The lowest BCUT2D eigenvalue weighted by atomic mass is 9.99. The van der Waals surface area contributed by atoms with E-state index in [0.717, 1.165) is 15.4 Å². The molecule has 0 bridgehead atoms. The van der Waals surface area contributed by atoms with Gasteiger partial charge >= 0.3 is 0 Å². The van der Waals surface area contributed by atoms with Gasteiger partial charge in [0.2, 0.25) is 0 Å². The van der Waals surface area contributed by atoms with E-state index in [1.807, 2.05) is 12.2 Å². The molecule has 0 saturated heterocycles. The monoisotopic (exact) mass is 625 g/mol. The normalized spacial score (nSPS) is 13.7. The number of anilines is 1. The molecule has 0 saturated carbocycles. The SMILES string of the molecule is CS(=O)(=O)c1ccc(C(=O)Nc2ccc(Cl)c(I)c2)c(C2=CI=CC=C2)c1. The number of allylic oxidation sites excluding steroid dienone is 3. The third kappa shape index (κ3) is 5.07. The highest BCUT2D eigenvalue weighted by Crippen LogP contribution is 2.29. The van der Waals surface area contributed by atoms with Crippen molar-refractivity contribution in [2.75, 3.05) is 11.6 Å². The van der Waals surface area contributed by atoms with Crippen LogP contribution in [0.3, 0.4) is 0 Å². The van der Waals surface area contributed by atoms with Crippen molar-refractivity contribution in [1.82, 2.24) is 0 Å². The minimum Gasteiger partial charge on any atom is -0.322 e. The van der Waals surface area contributed by atoms with Gasteiger partial charge in [-0.05, 0) is 78.2 Å². The molecule has 140 valence electrons. The van der Waals surface area contributed by atoms with Gasteiger partial charge in [-0.3, -0.25) is 4.79 Å². The van der Waals surface area contributed by atoms with E-state index < -0.39 is 9.84 Å². The Morgan fingerprint density at radius 3 is 2.59 bits per heavy atom. The molecule has 1 aliphatic heterocycles.